The summed E-state index contributed by atoms with van der Waals surface area (Å²) in [5.41, 5.74) is 2.17. The molecule has 20 heavy (non-hydrogen) atoms. The first-order valence-electron chi connectivity index (χ1n) is 6.66. The molecule has 5 nitrogen and oxygen atoms in total. The number of hydrogen-bond acceptors (Lipinski definition) is 3. The number of carbonyl (C=O) groups is 2. The molecule has 0 radical (unpaired) electrons. The number of rotatable bonds is 7. The van der Waals surface area contributed by atoms with E-state index >= 15 is 0 Å². The van der Waals surface area contributed by atoms with Gasteiger partial charge in [-0.15, -0.1) is 0 Å². The van der Waals surface area contributed by atoms with Gasteiger partial charge in [0.2, 0.25) is 5.91 Å². The molecule has 0 saturated heterocycles. The quantitative estimate of drug-likeness (QED) is 0.801. The third-order valence-corrected chi connectivity index (χ3v) is 2.96. The average Bonchev–Trinajstić information content (AvgIpc) is 2.38. The maximum Gasteiger partial charge on any atom is 0.326 e. The van der Waals surface area contributed by atoms with E-state index in [0.29, 0.717) is 6.42 Å². The molecular weight excluding hydrogens is 258 g/mol. The van der Waals surface area contributed by atoms with Crippen LogP contribution in [0.4, 0.5) is 0 Å². The lowest BCUT2D eigenvalue weighted by atomic mass is 10.1. The normalized spacial score (nSPS) is 11.8. The topological polar surface area (TPSA) is 75.6 Å². The monoisotopic (exact) mass is 279 g/mol. The fourth-order valence-electron chi connectivity index (χ4n) is 1.82. The lowest BCUT2D eigenvalue weighted by Crippen LogP contribution is -2.40. The Morgan fingerprint density at radius 3 is 2.60 bits per heavy atom. The fourth-order valence-corrected chi connectivity index (χ4v) is 1.82. The molecule has 0 aliphatic carbocycles. The lowest BCUT2D eigenvalue weighted by Gasteiger charge is -2.13. The summed E-state index contributed by atoms with van der Waals surface area (Å²) in [7, 11) is 0. The maximum absolute atomic E-state index is 11.6. The molecule has 1 unspecified atom stereocenters. The van der Waals surface area contributed by atoms with E-state index in [1.807, 2.05) is 32.0 Å². The smallest absolute Gasteiger partial charge is 0.326 e. The molecule has 5 heteroatoms. The summed E-state index contributed by atoms with van der Waals surface area (Å²) in [5, 5.41) is 11.3. The van der Waals surface area contributed by atoms with Crippen LogP contribution in [-0.4, -0.2) is 29.6 Å². The van der Waals surface area contributed by atoms with Crippen LogP contribution in [0.1, 0.15) is 30.9 Å². The molecule has 0 spiro atoms. The fraction of sp³-hybridized carbons (Fsp3) is 0.467. The zero-order chi connectivity index (χ0) is 15.1. The first kappa shape index (κ1) is 16.0. The highest BCUT2D eigenvalue weighted by Crippen LogP contribution is 2.18. The molecule has 110 valence electrons. The Kier molecular flexibility index (Phi) is 6.03. The molecule has 1 atom stereocenters. The molecule has 0 aliphatic rings. The van der Waals surface area contributed by atoms with Gasteiger partial charge in [-0.2, -0.15) is 0 Å². The van der Waals surface area contributed by atoms with Crippen LogP contribution in [0.5, 0.6) is 5.75 Å². The highest BCUT2D eigenvalue weighted by Gasteiger charge is 2.17. The van der Waals surface area contributed by atoms with Crippen molar-refractivity contribution in [2.45, 2.75) is 39.7 Å². The molecule has 2 N–H and O–H groups in total. The molecule has 1 aromatic rings. The van der Waals surface area contributed by atoms with Crippen molar-refractivity contribution < 1.29 is 19.4 Å². The van der Waals surface area contributed by atoms with E-state index < -0.39 is 12.0 Å². The molecule has 0 bridgehead atoms. The Bertz CT molecular complexity index is 485. The summed E-state index contributed by atoms with van der Waals surface area (Å²) >= 11 is 0. The summed E-state index contributed by atoms with van der Waals surface area (Å²) in [6.07, 6.45) is 0.496. The Hall–Kier alpha value is -2.04. The van der Waals surface area contributed by atoms with Crippen molar-refractivity contribution in [3.63, 3.8) is 0 Å². The predicted molar refractivity (Wildman–Crippen MR) is 75.9 cm³/mol. The number of nitrogens with one attached hydrogen (secondary N) is 1. The second-order valence-electron chi connectivity index (χ2n) is 4.73. The van der Waals surface area contributed by atoms with Crippen molar-refractivity contribution in [1.29, 1.82) is 0 Å². The van der Waals surface area contributed by atoms with E-state index in [2.05, 4.69) is 5.32 Å². The minimum Gasteiger partial charge on any atom is -0.493 e. The molecule has 1 rings (SSSR count). The molecule has 1 amide bonds. The van der Waals surface area contributed by atoms with Crippen molar-refractivity contribution in [2.75, 3.05) is 6.61 Å². The van der Waals surface area contributed by atoms with E-state index in [1.165, 1.54) is 0 Å². The van der Waals surface area contributed by atoms with E-state index in [-0.39, 0.29) is 18.9 Å². The standard InChI is InChI=1S/C15H21NO4/c1-4-12(15(18)19)16-14(17)7-8-20-13-6-5-10(2)9-11(13)3/h5-6,9,12H,4,7-8H2,1-3H3,(H,16,17)(H,18,19). The highest BCUT2D eigenvalue weighted by atomic mass is 16.5. The molecule has 0 aliphatic heterocycles. The lowest BCUT2D eigenvalue weighted by molar-refractivity contribution is -0.142. The van der Waals surface area contributed by atoms with Crippen molar-refractivity contribution in [1.82, 2.24) is 5.32 Å². The van der Waals surface area contributed by atoms with Gasteiger partial charge in [0.15, 0.2) is 0 Å². The molecule has 0 aromatic heterocycles. The average molecular weight is 279 g/mol. The summed E-state index contributed by atoms with van der Waals surface area (Å²) < 4.78 is 5.53. The number of carboxylic acids is 1. The van der Waals surface area contributed by atoms with E-state index in [4.69, 9.17) is 9.84 Å². The Balaban J connectivity index is 2.40. The predicted octanol–water partition coefficient (Wildman–Crippen LogP) is 2.05. The van der Waals surface area contributed by atoms with Crippen molar-refractivity contribution >= 4 is 11.9 Å². The van der Waals surface area contributed by atoms with Gasteiger partial charge < -0.3 is 15.2 Å². The van der Waals surface area contributed by atoms with Gasteiger partial charge in [0, 0.05) is 0 Å². The molecule has 0 heterocycles. The third-order valence-electron chi connectivity index (χ3n) is 2.96. The minimum absolute atomic E-state index is 0.136. The number of benzene rings is 1. The van der Waals surface area contributed by atoms with Crippen LogP contribution in [0, 0.1) is 13.8 Å². The number of aliphatic carboxylic acids is 1. The molecular formula is C15H21NO4. The molecule has 0 saturated carbocycles. The van der Waals surface area contributed by atoms with Gasteiger partial charge in [-0.25, -0.2) is 4.79 Å². The Labute approximate surface area is 118 Å². The number of amides is 1. The number of hydrogen-bond donors (Lipinski definition) is 2. The van der Waals surface area contributed by atoms with Crippen molar-refractivity contribution in [3.8, 4) is 5.75 Å². The van der Waals surface area contributed by atoms with E-state index in [9.17, 15) is 9.59 Å². The first-order valence-corrected chi connectivity index (χ1v) is 6.66. The van der Waals surface area contributed by atoms with Crippen molar-refractivity contribution in [3.05, 3.63) is 29.3 Å². The van der Waals surface area contributed by atoms with Crippen LogP contribution in [0.25, 0.3) is 0 Å². The summed E-state index contributed by atoms with van der Waals surface area (Å²) in [6, 6.07) is 4.99. The maximum atomic E-state index is 11.6. The summed E-state index contributed by atoms with van der Waals surface area (Å²) in [4.78, 5) is 22.4. The van der Waals surface area contributed by atoms with E-state index in [0.717, 1.165) is 16.9 Å². The second kappa shape index (κ2) is 7.53. The number of carbonyl (C=O) groups excluding carboxylic acids is 1. The summed E-state index contributed by atoms with van der Waals surface area (Å²) in [5.74, 6) is -0.589. The number of carboxylic acid groups (broad SMARTS) is 1. The highest BCUT2D eigenvalue weighted by molar-refractivity contribution is 5.83. The molecule has 1 aromatic carbocycles. The van der Waals surface area contributed by atoms with Crippen LogP contribution in [0.15, 0.2) is 18.2 Å². The first-order chi connectivity index (χ1) is 9.43. The molecule has 0 fully saturated rings. The van der Waals surface area contributed by atoms with Gasteiger partial charge in [0.1, 0.15) is 11.8 Å². The number of ether oxygens (including phenoxy) is 1. The van der Waals surface area contributed by atoms with Crippen LogP contribution in [-0.2, 0) is 9.59 Å². The van der Waals surface area contributed by atoms with Gasteiger partial charge in [-0.3, -0.25) is 4.79 Å². The van der Waals surface area contributed by atoms with Crippen LogP contribution < -0.4 is 10.1 Å². The van der Waals surface area contributed by atoms with Gasteiger partial charge in [0.25, 0.3) is 0 Å². The van der Waals surface area contributed by atoms with E-state index in [1.54, 1.807) is 6.92 Å². The van der Waals surface area contributed by atoms with Crippen molar-refractivity contribution in [2.24, 2.45) is 0 Å². The van der Waals surface area contributed by atoms with Crippen LogP contribution in [0.3, 0.4) is 0 Å². The SMILES string of the molecule is CCC(NC(=O)CCOc1ccc(C)cc1C)C(=O)O. The van der Waals surface area contributed by atoms with Crippen LogP contribution >= 0.6 is 0 Å². The van der Waals surface area contributed by atoms with Gasteiger partial charge in [-0.1, -0.05) is 24.6 Å². The van der Waals surface area contributed by atoms with Crippen LogP contribution in [0.2, 0.25) is 0 Å². The number of aryl methyl sites for hydroxylation is 2. The minimum atomic E-state index is -1.02. The third kappa shape index (κ3) is 4.91. The largest absolute Gasteiger partial charge is 0.493 e. The van der Waals surface area contributed by atoms with Gasteiger partial charge in [0.05, 0.1) is 13.0 Å². The van der Waals surface area contributed by atoms with Gasteiger partial charge >= 0.3 is 5.97 Å². The summed E-state index contributed by atoms with van der Waals surface area (Å²) in [6.45, 7) is 5.89. The van der Waals surface area contributed by atoms with Gasteiger partial charge in [-0.05, 0) is 31.9 Å². The zero-order valence-electron chi connectivity index (χ0n) is 12.1. The Morgan fingerprint density at radius 2 is 2.05 bits per heavy atom. The second-order valence-corrected chi connectivity index (χ2v) is 4.73. The zero-order valence-corrected chi connectivity index (χ0v) is 12.1. The Morgan fingerprint density at radius 1 is 1.35 bits per heavy atom.